The molecule has 0 aliphatic rings. The van der Waals surface area contributed by atoms with E-state index in [1.165, 1.54) is 0 Å². The lowest BCUT2D eigenvalue weighted by molar-refractivity contribution is 0.317. The fourth-order valence-corrected chi connectivity index (χ4v) is 1.39. The molecule has 3 nitrogen and oxygen atoms in total. The van der Waals surface area contributed by atoms with E-state index in [1.807, 2.05) is 24.3 Å². The molecular weight excluding hydrogens is 212 g/mol. The molecule has 1 unspecified atom stereocenters. The summed E-state index contributed by atoms with van der Waals surface area (Å²) in [5, 5.41) is 3.34. The third-order valence-corrected chi connectivity index (χ3v) is 2.71. The van der Waals surface area contributed by atoms with Crippen LogP contribution < -0.4 is 15.8 Å². The van der Waals surface area contributed by atoms with Crippen LogP contribution in [0.1, 0.15) is 27.2 Å². The molecule has 17 heavy (non-hydrogen) atoms. The topological polar surface area (TPSA) is 47.3 Å². The summed E-state index contributed by atoms with van der Waals surface area (Å²) in [6.07, 6.45) is 1.02. The van der Waals surface area contributed by atoms with Crippen LogP contribution in [0.3, 0.4) is 0 Å². The van der Waals surface area contributed by atoms with Gasteiger partial charge in [-0.1, -0.05) is 26.8 Å². The maximum atomic E-state index is 5.99. The molecule has 0 aliphatic carbocycles. The summed E-state index contributed by atoms with van der Waals surface area (Å²) in [7, 11) is 0. The highest BCUT2D eigenvalue weighted by Crippen LogP contribution is 2.17. The third kappa shape index (κ3) is 5.09. The second kappa shape index (κ2) is 7.17. The molecule has 0 aromatic heterocycles. The van der Waals surface area contributed by atoms with Gasteiger partial charge in [-0.3, -0.25) is 0 Å². The van der Waals surface area contributed by atoms with Gasteiger partial charge in [0.15, 0.2) is 0 Å². The van der Waals surface area contributed by atoms with Gasteiger partial charge < -0.3 is 15.8 Å². The minimum absolute atomic E-state index is 0.176. The van der Waals surface area contributed by atoms with Crippen molar-refractivity contribution < 1.29 is 4.74 Å². The molecule has 0 amide bonds. The summed E-state index contributed by atoms with van der Waals surface area (Å²) < 4.78 is 5.58. The zero-order valence-corrected chi connectivity index (χ0v) is 11.1. The Morgan fingerprint density at radius 1 is 1.35 bits per heavy atom. The first-order valence-electron chi connectivity index (χ1n) is 6.35. The van der Waals surface area contributed by atoms with Gasteiger partial charge in [0, 0.05) is 24.3 Å². The molecule has 0 heterocycles. The van der Waals surface area contributed by atoms with E-state index in [9.17, 15) is 0 Å². The van der Waals surface area contributed by atoms with E-state index in [-0.39, 0.29) is 6.04 Å². The summed E-state index contributed by atoms with van der Waals surface area (Å²) in [4.78, 5) is 0. The van der Waals surface area contributed by atoms with Gasteiger partial charge in [0.2, 0.25) is 0 Å². The molecule has 1 aromatic rings. The summed E-state index contributed by atoms with van der Waals surface area (Å²) in [6, 6.07) is 8.20. The summed E-state index contributed by atoms with van der Waals surface area (Å²) in [5.41, 5.74) is 7.05. The minimum atomic E-state index is 0.176. The molecule has 1 atom stereocenters. The van der Waals surface area contributed by atoms with Crippen LogP contribution in [0.15, 0.2) is 24.3 Å². The van der Waals surface area contributed by atoms with Crippen molar-refractivity contribution in [3.05, 3.63) is 24.3 Å². The number of rotatable bonds is 7. The van der Waals surface area contributed by atoms with Crippen molar-refractivity contribution in [2.24, 2.45) is 11.7 Å². The van der Waals surface area contributed by atoms with Gasteiger partial charge in [0.05, 0.1) is 6.61 Å². The largest absolute Gasteiger partial charge is 0.494 e. The number of nitrogens with one attached hydrogen (secondary N) is 1. The molecule has 96 valence electrons. The Labute approximate surface area is 104 Å². The van der Waals surface area contributed by atoms with Gasteiger partial charge in [-0.05, 0) is 24.5 Å². The zero-order chi connectivity index (χ0) is 12.7. The number of benzene rings is 1. The molecular formula is C14H24N2O. The van der Waals surface area contributed by atoms with E-state index in [0.717, 1.165) is 31.0 Å². The van der Waals surface area contributed by atoms with Crippen LogP contribution in [-0.2, 0) is 0 Å². The summed E-state index contributed by atoms with van der Waals surface area (Å²) >= 11 is 0. The number of nitrogens with two attached hydrogens (primary N) is 1. The molecule has 1 aromatic carbocycles. The summed E-state index contributed by atoms with van der Waals surface area (Å²) in [6.45, 7) is 7.91. The van der Waals surface area contributed by atoms with Crippen LogP contribution in [0.4, 0.5) is 5.69 Å². The number of hydrogen-bond donors (Lipinski definition) is 2. The van der Waals surface area contributed by atoms with Crippen molar-refractivity contribution in [2.45, 2.75) is 33.2 Å². The third-order valence-electron chi connectivity index (χ3n) is 2.71. The first kappa shape index (κ1) is 13.8. The Balaban J connectivity index is 2.48. The van der Waals surface area contributed by atoms with Crippen LogP contribution in [0.5, 0.6) is 5.75 Å². The van der Waals surface area contributed by atoms with Crippen LogP contribution in [-0.4, -0.2) is 19.2 Å². The van der Waals surface area contributed by atoms with Crippen LogP contribution in [0, 0.1) is 5.92 Å². The van der Waals surface area contributed by atoms with E-state index in [1.54, 1.807) is 0 Å². The molecule has 0 spiro atoms. The molecule has 3 N–H and O–H groups in total. The number of ether oxygens (including phenoxy) is 1. The van der Waals surface area contributed by atoms with E-state index in [4.69, 9.17) is 10.5 Å². The van der Waals surface area contributed by atoms with Crippen LogP contribution in [0.25, 0.3) is 0 Å². The van der Waals surface area contributed by atoms with E-state index in [2.05, 4.69) is 26.1 Å². The lowest BCUT2D eigenvalue weighted by Crippen LogP contribution is -2.33. The minimum Gasteiger partial charge on any atom is -0.494 e. The van der Waals surface area contributed by atoms with Crippen molar-refractivity contribution in [1.82, 2.24) is 0 Å². The van der Waals surface area contributed by atoms with Crippen molar-refractivity contribution in [1.29, 1.82) is 0 Å². The Bertz CT molecular complexity index is 326. The Kier molecular flexibility index (Phi) is 5.84. The van der Waals surface area contributed by atoms with Gasteiger partial charge >= 0.3 is 0 Å². The first-order chi connectivity index (χ1) is 8.13. The van der Waals surface area contributed by atoms with E-state index >= 15 is 0 Å². The maximum Gasteiger partial charge on any atom is 0.121 e. The second-order valence-corrected chi connectivity index (χ2v) is 4.67. The molecule has 0 bridgehead atoms. The Morgan fingerprint density at radius 2 is 2.12 bits per heavy atom. The first-order valence-corrected chi connectivity index (χ1v) is 6.35. The second-order valence-electron chi connectivity index (χ2n) is 4.67. The molecule has 1 rings (SSSR count). The average Bonchev–Trinajstić information content (AvgIpc) is 2.33. The highest BCUT2D eigenvalue weighted by Gasteiger charge is 2.06. The fraction of sp³-hybridized carbons (Fsp3) is 0.571. The Hall–Kier alpha value is -1.22. The smallest absolute Gasteiger partial charge is 0.121 e. The normalized spacial score (nSPS) is 12.5. The lowest BCUT2D eigenvalue weighted by Gasteiger charge is -2.17. The highest BCUT2D eigenvalue weighted by atomic mass is 16.5. The van der Waals surface area contributed by atoms with Crippen molar-refractivity contribution >= 4 is 5.69 Å². The molecule has 0 saturated heterocycles. The van der Waals surface area contributed by atoms with E-state index in [0.29, 0.717) is 5.92 Å². The zero-order valence-electron chi connectivity index (χ0n) is 11.1. The maximum absolute atomic E-state index is 5.99. The standard InChI is InChI=1S/C14H24N2O/c1-4-8-17-13-7-5-6-12(9-13)16-10-14(15)11(2)3/h5-7,9,11,14,16H,4,8,10,15H2,1-3H3. The van der Waals surface area contributed by atoms with Gasteiger partial charge in [-0.15, -0.1) is 0 Å². The molecule has 3 heteroatoms. The van der Waals surface area contributed by atoms with Gasteiger partial charge in [-0.25, -0.2) is 0 Å². The van der Waals surface area contributed by atoms with Gasteiger partial charge in [-0.2, -0.15) is 0 Å². The van der Waals surface area contributed by atoms with Gasteiger partial charge in [0.1, 0.15) is 5.75 Å². The van der Waals surface area contributed by atoms with Crippen molar-refractivity contribution in [3.8, 4) is 5.75 Å². The predicted molar refractivity (Wildman–Crippen MR) is 73.5 cm³/mol. The average molecular weight is 236 g/mol. The molecule has 0 aliphatic heterocycles. The highest BCUT2D eigenvalue weighted by molar-refractivity contribution is 5.48. The molecule has 0 saturated carbocycles. The van der Waals surface area contributed by atoms with E-state index < -0.39 is 0 Å². The quantitative estimate of drug-likeness (QED) is 0.765. The summed E-state index contributed by atoms with van der Waals surface area (Å²) in [5.74, 6) is 1.40. The number of hydrogen-bond acceptors (Lipinski definition) is 3. The van der Waals surface area contributed by atoms with Crippen molar-refractivity contribution in [2.75, 3.05) is 18.5 Å². The SMILES string of the molecule is CCCOc1cccc(NCC(N)C(C)C)c1. The van der Waals surface area contributed by atoms with Crippen molar-refractivity contribution in [3.63, 3.8) is 0 Å². The molecule has 0 fully saturated rings. The van der Waals surface area contributed by atoms with Crippen LogP contribution >= 0.6 is 0 Å². The molecule has 0 radical (unpaired) electrons. The number of anilines is 1. The fourth-order valence-electron chi connectivity index (χ4n) is 1.39. The van der Waals surface area contributed by atoms with Crippen LogP contribution in [0.2, 0.25) is 0 Å². The lowest BCUT2D eigenvalue weighted by atomic mass is 10.1. The monoisotopic (exact) mass is 236 g/mol. The predicted octanol–water partition coefficient (Wildman–Crippen LogP) is 2.87. The Morgan fingerprint density at radius 3 is 2.76 bits per heavy atom. The van der Waals surface area contributed by atoms with Gasteiger partial charge in [0.25, 0.3) is 0 Å².